The van der Waals surface area contributed by atoms with E-state index in [1.165, 1.54) is 56.1 Å². The highest BCUT2D eigenvalue weighted by molar-refractivity contribution is 5.26. The number of hydrogen-bond acceptors (Lipinski definition) is 2. The summed E-state index contributed by atoms with van der Waals surface area (Å²) in [6.07, 6.45) is 9.10. The Balaban J connectivity index is 2.16. The zero-order valence-corrected chi connectivity index (χ0v) is 14.0. The molecule has 0 aliphatic carbocycles. The van der Waals surface area contributed by atoms with Crippen LogP contribution in [-0.4, -0.2) is 13.2 Å². The van der Waals surface area contributed by atoms with Gasteiger partial charge < -0.3 is 10.1 Å². The van der Waals surface area contributed by atoms with Crippen molar-refractivity contribution in [2.24, 2.45) is 0 Å². The van der Waals surface area contributed by atoms with Gasteiger partial charge in [0, 0.05) is 13.2 Å². The molecule has 0 spiro atoms. The maximum Gasteiger partial charge on any atom is 0.0720 e. The molecule has 21 heavy (non-hydrogen) atoms. The van der Waals surface area contributed by atoms with Gasteiger partial charge in [0.15, 0.2) is 0 Å². The molecule has 0 radical (unpaired) electrons. The third kappa shape index (κ3) is 8.90. The summed E-state index contributed by atoms with van der Waals surface area (Å²) < 4.78 is 5.85. The summed E-state index contributed by atoms with van der Waals surface area (Å²) in [6.45, 7) is 8.12. The largest absolute Gasteiger partial charge is 0.377 e. The topological polar surface area (TPSA) is 21.3 Å². The molecule has 120 valence electrons. The van der Waals surface area contributed by atoms with Gasteiger partial charge in [0.2, 0.25) is 0 Å². The molecule has 0 atom stereocenters. The van der Waals surface area contributed by atoms with Crippen molar-refractivity contribution < 1.29 is 4.74 Å². The van der Waals surface area contributed by atoms with Gasteiger partial charge in [0.25, 0.3) is 0 Å². The Morgan fingerprint density at radius 2 is 1.57 bits per heavy atom. The van der Waals surface area contributed by atoms with Crippen LogP contribution in [0.1, 0.15) is 69.9 Å². The molecule has 0 fully saturated rings. The van der Waals surface area contributed by atoms with Gasteiger partial charge in [-0.05, 0) is 30.5 Å². The lowest BCUT2D eigenvalue weighted by Gasteiger charge is -2.11. The van der Waals surface area contributed by atoms with E-state index in [1.807, 2.05) is 0 Å². The molecular weight excluding hydrogens is 258 g/mol. The summed E-state index contributed by atoms with van der Waals surface area (Å²) in [5.41, 5.74) is 2.70. The first kappa shape index (κ1) is 18.2. The van der Waals surface area contributed by atoms with Crippen molar-refractivity contribution in [1.82, 2.24) is 5.32 Å². The molecule has 0 saturated carbocycles. The third-order valence-corrected chi connectivity index (χ3v) is 3.76. The SMILES string of the molecule is CCCCCCCCOCc1ccccc1CNCCC. The van der Waals surface area contributed by atoms with Crippen LogP contribution in [0.25, 0.3) is 0 Å². The van der Waals surface area contributed by atoms with Crippen LogP contribution in [-0.2, 0) is 17.9 Å². The number of ether oxygens (including phenoxy) is 1. The average molecular weight is 291 g/mol. The predicted octanol–water partition coefficient (Wildman–Crippen LogP) is 5.06. The van der Waals surface area contributed by atoms with Crippen molar-refractivity contribution in [2.45, 2.75) is 71.9 Å². The summed E-state index contributed by atoms with van der Waals surface area (Å²) in [5.74, 6) is 0. The fourth-order valence-corrected chi connectivity index (χ4v) is 2.44. The molecule has 0 bridgehead atoms. The molecule has 0 heterocycles. The molecule has 2 heteroatoms. The van der Waals surface area contributed by atoms with E-state index < -0.39 is 0 Å². The van der Waals surface area contributed by atoms with Crippen LogP contribution in [0.2, 0.25) is 0 Å². The van der Waals surface area contributed by atoms with Gasteiger partial charge in [-0.2, -0.15) is 0 Å². The van der Waals surface area contributed by atoms with E-state index in [0.717, 1.165) is 26.3 Å². The normalized spacial score (nSPS) is 11.0. The average Bonchev–Trinajstić information content (AvgIpc) is 2.51. The monoisotopic (exact) mass is 291 g/mol. The Bertz CT molecular complexity index is 351. The molecule has 1 N–H and O–H groups in total. The second kappa shape index (κ2) is 12.8. The summed E-state index contributed by atoms with van der Waals surface area (Å²) >= 11 is 0. The number of nitrogens with one attached hydrogen (secondary N) is 1. The molecular formula is C19H33NO. The van der Waals surface area contributed by atoms with Crippen molar-refractivity contribution in [3.8, 4) is 0 Å². The van der Waals surface area contributed by atoms with Crippen LogP contribution in [0.5, 0.6) is 0 Å². The van der Waals surface area contributed by atoms with Crippen molar-refractivity contribution in [1.29, 1.82) is 0 Å². The molecule has 0 aliphatic heterocycles. The molecule has 0 saturated heterocycles. The molecule has 2 nitrogen and oxygen atoms in total. The van der Waals surface area contributed by atoms with Gasteiger partial charge in [0.05, 0.1) is 6.61 Å². The third-order valence-electron chi connectivity index (χ3n) is 3.76. The van der Waals surface area contributed by atoms with E-state index >= 15 is 0 Å². The lowest BCUT2D eigenvalue weighted by molar-refractivity contribution is 0.116. The van der Waals surface area contributed by atoms with Crippen LogP contribution >= 0.6 is 0 Å². The number of unbranched alkanes of at least 4 members (excludes halogenated alkanes) is 5. The van der Waals surface area contributed by atoms with Crippen molar-refractivity contribution >= 4 is 0 Å². The molecule has 1 rings (SSSR count). The van der Waals surface area contributed by atoms with Crippen LogP contribution in [0.3, 0.4) is 0 Å². The highest BCUT2D eigenvalue weighted by Crippen LogP contribution is 2.11. The van der Waals surface area contributed by atoms with Gasteiger partial charge in [-0.25, -0.2) is 0 Å². The van der Waals surface area contributed by atoms with Crippen molar-refractivity contribution in [3.63, 3.8) is 0 Å². The molecule has 0 aromatic heterocycles. The fraction of sp³-hybridized carbons (Fsp3) is 0.684. The summed E-state index contributed by atoms with van der Waals surface area (Å²) in [5, 5.41) is 3.47. The number of rotatable bonds is 13. The van der Waals surface area contributed by atoms with Crippen LogP contribution in [0.15, 0.2) is 24.3 Å². The van der Waals surface area contributed by atoms with Crippen molar-refractivity contribution in [3.05, 3.63) is 35.4 Å². The standard InChI is InChI=1S/C19H33NO/c1-3-5-6-7-8-11-15-21-17-19-13-10-9-12-18(19)16-20-14-4-2/h9-10,12-13,20H,3-8,11,14-17H2,1-2H3. The Kier molecular flexibility index (Phi) is 11.1. The number of benzene rings is 1. The maximum absolute atomic E-state index is 5.85. The van der Waals surface area contributed by atoms with Gasteiger partial charge in [0.1, 0.15) is 0 Å². The zero-order chi connectivity index (χ0) is 15.2. The summed E-state index contributed by atoms with van der Waals surface area (Å²) in [6, 6.07) is 8.60. The van der Waals surface area contributed by atoms with E-state index in [9.17, 15) is 0 Å². The first-order chi connectivity index (χ1) is 10.4. The van der Waals surface area contributed by atoms with E-state index in [0.29, 0.717) is 0 Å². The molecule has 1 aromatic carbocycles. The smallest absolute Gasteiger partial charge is 0.0720 e. The Hall–Kier alpha value is -0.860. The number of hydrogen-bond donors (Lipinski definition) is 1. The highest BCUT2D eigenvalue weighted by Gasteiger charge is 2.01. The molecule has 1 aromatic rings. The zero-order valence-electron chi connectivity index (χ0n) is 14.0. The van der Waals surface area contributed by atoms with Gasteiger partial charge in [-0.15, -0.1) is 0 Å². The second-order valence-corrected chi connectivity index (χ2v) is 5.77. The Morgan fingerprint density at radius 3 is 2.33 bits per heavy atom. The Labute approximate surface area is 131 Å². The first-order valence-electron chi connectivity index (χ1n) is 8.73. The quantitative estimate of drug-likeness (QED) is 0.513. The lowest BCUT2D eigenvalue weighted by Crippen LogP contribution is -2.15. The second-order valence-electron chi connectivity index (χ2n) is 5.77. The minimum absolute atomic E-state index is 0.749. The van der Waals surface area contributed by atoms with Gasteiger partial charge >= 0.3 is 0 Å². The maximum atomic E-state index is 5.85. The first-order valence-corrected chi connectivity index (χ1v) is 8.73. The van der Waals surface area contributed by atoms with E-state index in [-0.39, 0.29) is 0 Å². The highest BCUT2D eigenvalue weighted by atomic mass is 16.5. The Morgan fingerprint density at radius 1 is 0.857 bits per heavy atom. The molecule has 0 unspecified atom stereocenters. The predicted molar refractivity (Wildman–Crippen MR) is 91.5 cm³/mol. The van der Waals surface area contributed by atoms with Crippen LogP contribution < -0.4 is 5.32 Å². The fourth-order valence-electron chi connectivity index (χ4n) is 2.44. The van der Waals surface area contributed by atoms with Crippen molar-refractivity contribution in [2.75, 3.05) is 13.2 Å². The molecule has 0 amide bonds. The molecule has 0 aliphatic rings. The minimum Gasteiger partial charge on any atom is -0.377 e. The summed E-state index contributed by atoms with van der Waals surface area (Å²) in [7, 11) is 0. The van der Waals surface area contributed by atoms with E-state index in [1.54, 1.807) is 0 Å². The summed E-state index contributed by atoms with van der Waals surface area (Å²) in [4.78, 5) is 0. The van der Waals surface area contributed by atoms with Crippen LogP contribution in [0.4, 0.5) is 0 Å². The van der Waals surface area contributed by atoms with Crippen LogP contribution in [0, 0.1) is 0 Å². The van der Waals surface area contributed by atoms with E-state index in [4.69, 9.17) is 4.74 Å². The minimum atomic E-state index is 0.749. The lowest BCUT2D eigenvalue weighted by atomic mass is 10.1. The van der Waals surface area contributed by atoms with Gasteiger partial charge in [-0.1, -0.05) is 70.2 Å². The van der Waals surface area contributed by atoms with E-state index in [2.05, 4.69) is 43.4 Å². The van der Waals surface area contributed by atoms with Gasteiger partial charge in [-0.3, -0.25) is 0 Å².